The van der Waals surface area contributed by atoms with Crippen molar-refractivity contribution in [2.45, 2.75) is 65.8 Å². The van der Waals surface area contributed by atoms with Crippen LogP contribution in [0.4, 0.5) is 10.5 Å². The molecule has 5 nitrogen and oxygen atoms in total. The van der Waals surface area contributed by atoms with E-state index >= 15 is 0 Å². The monoisotopic (exact) mass is 334 g/mol. The van der Waals surface area contributed by atoms with E-state index in [1.807, 2.05) is 45.0 Å². The first kappa shape index (κ1) is 20.0. The average molecular weight is 334 g/mol. The number of hydrogen-bond acceptors (Lipinski definition) is 2. The molecule has 3 N–H and O–H groups in total. The van der Waals surface area contributed by atoms with Crippen molar-refractivity contribution < 1.29 is 14.7 Å². The Balaban J connectivity index is 2.69. The summed E-state index contributed by atoms with van der Waals surface area (Å²) in [7, 11) is 0. The zero-order valence-corrected chi connectivity index (χ0v) is 15.6. The van der Waals surface area contributed by atoms with Crippen LogP contribution in [-0.4, -0.2) is 23.1 Å². The Morgan fingerprint density at radius 2 is 1.58 bits per heavy atom. The molecule has 0 heterocycles. The topological polar surface area (TPSA) is 78.4 Å². The van der Waals surface area contributed by atoms with E-state index in [0.29, 0.717) is 12.1 Å². The fourth-order valence-electron chi connectivity index (χ4n) is 2.53. The molecule has 1 atom stereocenters. The molecular weight excluding hydrogens is 304 g/mol. The molecule has 0 fully saturated rings. The molecule has 0 aliphatic carbocycles. The molecule has 1 rings (SSSR count). The van der Waals surface area contributed by atoms with Gasteiger partial charge in [0, 0.05) is 11.7 Å². The van der Waals surface area contributed by atoms with Crippen LogP contribution in [0.25, 0.3) is 0 Å². The maximum absolute atomic E-state index is 12.2. The minimum absolute atomic E-state index is 0.0556. The Morgan fingerprint density at radius 1 is 1.04 bits per heavy atom. The molecule has 1 aromatic carbocycles. The summed E-state index contributed by atoms with van der Waals surface area (Å²) >= 11 is 0. The van der Waals surface area contributed by atoms with Crippen molar-refractivity contribution in [3.05, 3.63) is 29.8 Å². The summed E-state index contributed by atoms with van der Waals surface area (Å²) in [4.78, 5) is 23.2. The van der Waals surface area contributed by atoms with Gasteiger partial charge in [0.1, 0.15) is 0 Å². The molecule has 0 aliphatic heterocycles. The number of carboxylic acids is 1. The number of urea groups is 1. The van der Waals surface area contributed by atoms with Gasteiger partial charge in [-0.3, -0.25) is 4.79 Å². The number of amides is 2. The van der Waals surface area contributed by atoms with E-state index < -0.39 is 12.0 Å². The summed E-state index contributed by atoms with van der Waals surface area (Å²) < 4.78 is 0. The Morgan fingerprint density at radius 3 is 2.00 bits per heavy atom. The normalized spacial score (nSPS) is 13.2. The third-order valence-electron chi connectivity index (χ3n) is 3.62. The largest absolute Gasteiger partial charge is 0.481 e. The van der Waals surface area contributed by atoms with Gasteiger partial charge < -0.3 is 15.7 Å². The number of aliphatic carboxylic acids is 1. The minimum Gasteiger partial charge on any atom is -0.481 e. The smallest absolute Gasteiger partial charge is 0.319 e. The number of carboxylic acid groups (broad SMARTS) is 1. The van der Waals surface area contributed by atoms with Gasteiger partial charge in [0.25, 0.3) is 0 Å². The number of hydrogen-bond donors (Lipinski definition) is 3. The summed E-state index contributed by atoms with van der Waals surface area (Å²) in [5, 5.41) is 14.6. The molecule has 1 aromatic rings. The second-order valence-electron chi connectivity index (χ2n) is 8.49. The molecule has 0 bridgehead atoms. The van der Waals surface area contributed by atoms with Crippen LogP contribution in [0.5, 0.6) is 0 Å². The van der Waals surface area contributed by atoms with Gasteiger partial charge in [0.15, 0.2) is 0 Å². The van der Waals surface area contributed by atoms with Crippen LogP contribution in [0.2, 0.25) is 0 Å². The van der Waals surface area contributed by atoms with Crippen molar-refractivity contribution in [1.29, 1.82) is 0 Å². The van der Waals surface area contributed by atoms with Crippen LogP contribution in [0.1, 0.15) is 59.9 Å². The van der Waals surface area contributed by atoms with Gasteiger partial charge in [0.2, 0.25) is 0 Å². The standard InChI is InChI=1S/C19H30N2O3/c1-18(2,3)12-15(11-16(22)23)21-17(24)20-14-9-7-13(8-10-14)19(4,5)6/h7-10,15H,11-12H2,1-6H3,(H,22,23)(H2,20,21,24)/t15-/m1/s1. The SMILES string of the molecule is CC(C)(C)C[C@@H](CC(=O)O)NC(=O)Nc1ccc(C(C)(C)C)cc1. The van der Waals surface area contributed by atoms with Gasteiger partial charge >= 0.3 is 12.0 Å². The van der Waals surface area contributed by atoms with Crippen LogP contribution in [-0.2, 0) is 10.2 Å². The maximum atomic E-state index is 12.2. The van der Waals surface area contributed by atoms with Crippen LogP contribution in [0.15, 0.2) is 24.3 Å². The number of carbonyl (C=O) groups excluding carboxylic acids is 1. The Bertz CT molecular complexity index is 566. The fourth-order valence-corrected chi connectivity index (χ4v) is 2.53. The zero-order chi connectivity index (χ0) is 18.5. The third-order valence-corrected chi connectivity index (χ3v) is 3.62. The molecule has 0 spiro atoms. The molecule has 0 saturated heterocycles. The number of carbonyl (C=O) groups is 2. The predicted molar refractivity (Wildman–Crippen MR) is 97.4 cm³/mol. The highest BCUT2D eigenvalue weighted by Gasteiger charge is 2.23. The first-order chi connectivity index (χ1) is 10.9. The second-order valence-corrected chi connectivity index (χ2v) is 8.49. The maximum Gasteiger partial charge on any atom is 0.319 e. The van der Waals surface area contributed by atoms with Crippen LogP contribution in [0, 0.1) is 5.41 Å². The number of benzene rings is 1. The fraction of sp³-hybridized carbons (Fsp3) is 0.579. The molecule has 0 unspecified atom stereocenters. The van der Waals surface area contributed by atoms with E-state index in [1.165, 1.54) is 5.56 Å². The summed E-state index contributed by atoms with van der Waals surface area (Å²) in [5.41, 5.74) is 1.86. The average Bonchev–Trinajstić information content (AvgIpc) is 2.34. The number of nitrogens with one attached hydrogen (secondary N) is 2. The molecular formula is C19H30N2O3. The highest BCUT2D eigenvalue weighted by atomic mass is 16.4. The lowest BCUT2D eigenvalue weighted by molar-refractivity contribution is -0.137. The summed E-state index contributed by atoms with van der Waals surface area (Å²) in [6.45, 7) is 12.5. The van der Waals surface area contributed by atoms with Crippen molar-refractivity contribution in [1.82, 2.24) is 5.32 Å². The van der Waals surface area contributed by atoms with Gasteiger partial charge in [0.05, 0.1) is 6.42 Å². The highest BCUT2D eigenvalue weighted by molar-refractivity contribution is 5.89. The van der Waals surface area contributed by atoms with Crippen LogP contribution in [0.3, 0.4) is 0 Å². The number of anilines is 1. The lowest BCUT2D eigenvalue weighted by Gasteiger charge is -2.26. The molecule has 0 aliphatic rings. The Hall–Kier alpha value is -2.04. The molecule has 134 valence electrons. The molecule has 2 amide bonds. The van der Waals surface area contributed by atoms with Gasteiger partial charge in [-0.05, 0) is 34.9 Å². The lowest BCUT2D eigenvalue weighted by Crippen LogP contribution is -2.41. The second kappa shape index (κ2) is 7.69. The van der Waals surface area contributed by atoms with E-state index in [0.717, 1.165) is 0 Å². The van der Waals surface area contributed by atoms with E-state index in [1.54, 1.807) is 0 Å². The van der Waals surface area contributed by atoms with Crippen molar-refractivity contribution in [3.63, 3.8) is 0 Å². The van der Waals surface area contributed by atoms with E-state index in [4.69, 9.17) is 5.11 Å². The number of rotatable bonds is 5. The minimum atomic E-state index is -0.918. The highest BCUT2D eigenvalue weighted by Crippen LogP contribution is 2.24. The van der Waals surface area contributed by atoms with Crippen molar-refractivity contribution >= 4 is 17.7 Å². The van der Waals surface area contributed by atoms with Gasteiger partial charge in [-0.1, -0.05) is 53.7 Å². The summed E-state index contributed by atoms with van der Waals surface area (Å²) in [5.74, 6) is -0.918. The molecule has 5 heteroatoms. The van der Waals surface area contributed by atoms with Gasteiger partial charge in [-0.15, -0.1) is 0 Å². The Kier molecular flexibility index (Phi) is 6.41. The predicted octanol–water partition coefficient (Wildman–Crippen LogP) is 4.39. The van der Waals surface area contributed by atoms with E-state index in [-0.39, 0.29) is 23.3 Å². The first-order valence-corrected chi connectivity index (χ1v) is 8.27. The Labute approximate surface area is 144 Å². The van der Waals surface area contributed by atoms with Crippen molar-refractivity contribution in [2.24, 2.45) is 5.41 Å². The van der Waals surface area contributed by atoms with Gasteiger partial charge in [-0.2, -0.15) is 0 Å². The van der Waals surface area contributed by atoms with Crippen LogP contribution < -0.4 is 10.6 Å². The zero-order valence-electron chi connectivity index (χ0n) is 15.6. The first-order valence-electron chi connectivity index (χ1n) is 8.27. The van der Waals surface area contributed by atoms with E-state index in [2.05, 4.69) is 31.4 Å². The molecule has 0 saturated carbocycles. The quantitative estimate of drug-likeness (QED) is 0.747. The summed E-state index contributed by atoms with van der Waals surface area (Å²) in [6.07, 6.45) is 0.503. The lowest BCUT2D eigenvalue weighted by atomic mass is 9.87. The molecule has 0 aromatic heterocycles. The third kappa shape index (κ3) is 7.49. The van der Waals surface area contributed by atoms with E-state index in [9.17, 15) is 9.59 Å². The summed E-state index contributed by atoms with van der Waals surface area (Å²) in [6, 6.07) is 6.90. The van der Waals surface area contributed by atoms with Gasteiger partial charge in [-0.25, -0.2) is 4.79 Å². The van der Waals surface area contributed by atoms with Crippen molar-refractivity contribution in [2.75, 3.05) is 5.32 Å². The molecule has 24 heavy (non-hydrogen) atoms. The van der Waals surface area contributed by atoms with Crippen LogP contribution >= 0.6 is 0 Å². The van der Waals surface area contributed by atoms with Crippen molar-refractivity contribution in [3.8, 4) is 0 Å². The molecule has 0 radical (unpaired) electrons.